The summed E-state index contributed by atoms with van der Waals surface area (Å²) in [6.45, 7) is -3.76. The van der Waals surface area contributed by atoms with Crippen LogP contribution in [0.15, 0.2) is 24.8 Å². The molecule has 1 N–H and O–H groups in total. The minimum atomic E-state index is -3.43. The minimum Gasteiger partial charge on any atom is -0.479 e. The molecule has 0 spiro atoms. The van der Waals surface area contributed by atoms with Crippen LogP contribution in [-0.2, 0) is 0 Å². The van der Waals surface area contributed by atoms with Crippen molar-refractivity contribution in [1.29, 1.82) is 0 Å². The van der Waals surface area contributed by atoms with Gasteiger partial charge in [0.1, 0.15) is 11.2 Å². The molecule has 1 aliphatic rings. The number of anilines is 1. The van der Waals surface area contributed by atoms with E-state index in [-0.39, 0.29) is 47.2 Å². The Morgan fingerprint density at radius 2 is 2.06 bits per heavy atom. The lowest BCUT2D eigenvalue weighted by atomic mass is 10.0. The fourth-order valence-corrected chi connectivity index (χ4v) is 3.95. The molecule has 5 rings (SSSR count). The second-order valence-electron chi connectivity index (χ2n) is 7.75. The van der Waals surface area contributed by atoms with Crippen molar-refractivity contribution in [3.05, 3.63) is 36.3 Å². The Hall–Kier alpha value is -3.55. The lowest BCUT2D eigenvalue weighted by molar-refractivity contribution is -0.0675. The molecule has 0 amide bonds. The van der Waals surface area contributed by atoms with E-state index >= 15 is 4.39 Å². The van der Waals surface area contributed by atoms with Crippen molar-refractivity contribution in [3.63, 3.8) is 0 Å². The van der Waals surface area contributed by atoms with Crippen molar-refractivity contribution < 1.29 is 30.8 Å². The Kier molecular flexibility index (Phi) is 4.45. The second kappa shape index (κ2) is 8.04. The molecule has 0 aliphatic carbocycles. The Morgan fingerprint density at radius 1 is 1.26 bits per heavy atom. The number of alkyl halides is 4. The molecule has 4 aromatic heterocycles. The van der Waals surface area contributed by atoms with Crippen LogP contribution in [0, 0.1) is 5.82 Å². The third kappa shape index (κ3) is 3.67. The SMILES string of the molecule is [2H]C([2H])([2H])N1CC[C@@H](Nc2nc(OC)c3c(-c4cnc5ncc(C(F)F)n5c4)c(F)cn3n2)C(F)(F)C1. The first-order chi connectivity index (χ1) is 17.4. The molecule has 5 heterocycles. The van der Waals surface area contributed by atoms with Crippen molar-refractivity contribution in [2.45, 2.75) is 24.8 Å². The summed E-state index contributed by atoms with van der Waals surface area (Å²) in [6.07, 6.45) is 1.33. The predicted molar refractivity (Wildman–Crippen MR) is 111 cm³/mol. The van der Waals surface area contributed by atoms with Crippen molar-refractivity contribution in [2.24, 2.45) is 0 Å². The number of halogens is 5. The summed E-state index contributed by atoms with van der Waals surface area (Å²) >= 11 is 0. The van der Waals surface area contributed by atoms with Crippen LogP contribution in [0.4, 0.5) is 27.9 Å². The van der Waals surface area contributed by atoms with Gasteiger partial charge in [-0.3, -0.25) is 4.40 Å². The third-order valence-corrected chi connectivity index (χ3v) is 5.55. The van der Waals surface area contributed by atoms with Crippen LogP contribution in [0.1, 0.15) is 22.7 Å². The molecule has 180 valence electrons. The number of imidazole rings is 1. The van der Waals surface area contributed by atoms with Gasteiger partial charge in [0.2, 0.25) is 17.6 Å². The number of piperidine rings is 1. The van der Waals surface area contributed by atoms with Gasteiger partial charge >= 0.3 is 0 Å². The summed E-state index contributed by atoms with van der Waals surface area (Å²) in [5, 5.41) is 6.58. The van der Waals surface area contributed by atoms with E-state index in [0.717, 1.165) is 21.3 Å². The number of fused-ring (bicyclic) bond motifs is 2. The number of hydrogen-bond acceptors (Lipinski definition) is 7. The molecule has 34 heavy (non-hydrogen) atoms. The zero-order valence-electron chi connectivity index (χ0n) is 20.5. The van der Waals surface area contributed by atoms with Gasteiger partial charge in [-0.15, -0.1) is 5.10 Å². The highest BCUT2D eigenvalue weighted by molar-refractivity contribution is 5.84. The smallest absolute Gasteiger partial charge is 0.280 e. The highest BCUT2D eigenvalue weighted by atomic mass is 19.3. The molecular formula is C20H19F5N8O. The predicted octanol–water partition coefficient (Wildman–Crippen LogP) is 3.28. The Morgan fingerprint density at radius 3 is 2.76 bits per heavy atom. The molecule has 0 radical (unpaired) electrons. The molecule has 9 nitrogen and oxygen atoms in total. The summed E-state index contributed by atoms with van der Waals surface area (Å²) in [5.74, 6) is -4.75. The summed E-state index contributed by atoms with van der Waals surface area (Å²) in [7, 11) is 1.23. The fourth-order valence-electron chi connectivity index (χ4n) is 3.95. The molecule has 14 heteroatoms. The van der Waals surface area contributed by atoms with Gasteiger partial charge in [0, 0.05) is 28.6 Å². The van der Waals surface area contributed by atoms with E-state index in [0.29, 0.717) is 4.90 Å². The van der Waals surface area contributed by atoms with Crippen LogP contribution >= 0.6 is 0 Å². The fraction of sp³-hybridized carbons (Fsp3) is 0.400. The summed E-state index contributed by atoms with van der Waals surface area (Å²) in [5.41, 5.74) is -0.440. The average Bonchev–Trinajstić information content (AvgIpc) is 3.38. The quantitative estimate of drug-likeness (QED) is 0.435. The number of rotatable bonds is 5. The zero-order valence-corrected chi connectivity index (χ0v) is 17.5. The van der Waals surface area contributed by atoms with Crippen LogP contribution in [-0.4, -0.2) is 73.0 Å². The number of aromatic nitrogens is 6. The summed E-state index contributed by atoms with van der Waals surface area (Å²) in [6, 6.07) is -1.49. The van der Waals surface area contributed by atoms with Gasteiger partial charge in [0.15, 0.2) is 5.82 Å². The van der Waals surface area contributed by atoms with E-state index in [9.17, 15) is 17.6 Å². The van der Waals surface area contributed by atoms with Crippen molar-refractivity contribution in [2.75, 3.05) is 32.5 Å². The first kappa shape index (κ1) is 18.8. The highest BCUT2D eigenvalue weighted by Gasteiger charge is 2.44. The van der Waals surface area contributed by atoms with Gasteiger partial charge in [0.25, 0.3) is 12.3 Å². The third-order valence-electron chi connectivity index (χ3n) is 5.55. The van der Waals surface area contributed by atoms with Gasteiger partial charge in [-0.25, -0.2) is 36.4 Å². The molecular weight excluding hydrogens is 463 g/mol. The zero-order chi connectivity index (χ0) is 26.7. The van der Waals surface area contributed by atoms with Crippen LogP contribution in [0.3, 0.4) is 0 Å². The molecule has 0 unspecified atom stereocenters. The number of nitrogens with one attached hydrogen (secondary N) is 1. The van der Waals surface area contributed by atoms with E-state index in [2.05, 4.69) is 25.4 Å². The monoisotopic (exact) mass is 485 g/mol. The number of hydrogen-bond donors (Lipinski definition) is 1. The van der Waals surface area contributed by atoms with Gasteiger partial charge in [-0.2, -0.15) is 4.98 Å². The second-order valence-corrected chi connectivity index (χ2v) is 7.75. The maximum Gasteiger partial charge on any atom is 0.280 e. The summed E-state index contributed by atoms with van der Waals surface area (Å²) in [4.78, 5) is 12.6. The van der Waals surface area contributed by atoms with Crippen molar-refractivity contribution >= 4 is 17.2 Å². The number of ether oxygens (including phenoxy) is 1. The maximum absolute atomic E-state index is 15.1. The van der Waals surface area contributed by atoms with Crippen LogP contribution in [0.2, 0.25) is 0 Å². The van der Waals surface area contributed by atoms with Crippen molar-refractivity contribution in [1.82, 2.24) is 33.9 Å². The lowest BCUT2D eigenvalue weighted by Crippen LogP contribution is -2.53. The maximum atomic E-state index is 15.1. The first-order valence-electron chi connectivity index (χ1n) is 11.5. The van der Waals surface area contributed by atoms with Gasteiger partial charge in [0.05, 0.1) is 37.7 Å². The molecule has 1 aliphatic heterocycles. The average molecular weight is 485 g/mol. The molecule has 1 atom stereocenters. The van der Waals surface area contributed by atoms with Crippen LogP contribution < -0.4 is 10.1 Å². The highest BCUT2D eigenvalue weighted by Crippen LogP contribution is 2.35. The molecule has 4 aromatic rings. The van der Waals surface area contributed by atoms with Gasteiger partial charge < -0.3 is 15.0 Å². The van der Waals surface area contributed by atoms with Crippen LogP contribution in [0.25, 0.3) is 22.4 Å². The number of methoxy groups -OCH3 is 1. The molecule has 1 fully saturated rings. The van der Waals surface area contributed by atoms with E-state index in [1.807, 2.05) is 0 Å². The topological polar surface area (TPSA) is 84.9 Å². The van der Waals surface area contributed by atoms with Gasteiger partial charge in [-0.1, -0.05) is 0 Å². The first-order valence-corrected chi connectivity index (χ1v) is 10.0. The van der Waals surface area contributed by atoms with Crippen molar-refractivity contribution in [3.8, 4) is 17.0 Å². The normalized spacial score (nSPS) is 20.4. The lowest BCUT2D eigenvalue weighted by Gasteiger charge is -2.36. The Labute approximate surface area is 193 Å². The molecule has 0 bridgehead atoms. The Bertz CT molecular complexity index is 1470. The summed E-state index contributed by atoms with van der Waals surface area (Å²) < 4.78 is 101. The number of likely N-dealkylation sites (tertiary alicyclic amines) is 1. The van der Waals surface area contributed by atoms with Crippen LogP contribution in [0.5, 0.6) is 5.88 Å². The van der Waals surface area contributed by atoms with E-state index < -0.39 is 43.4 Å². The van der Waals surface area contributed by atoms with E-state index in [4.69, 9.17) is 8.85 Å². The Balaban J connectivity index is 1.52. The minimum absolute atomic E-state index is 0.00870. The van der Waals surface area contributed by atoms with Gasteiger partial charge in [-0.05, 0) is 13.4 Å². The molecule has 1 saturated heterocycles. The van der Waals surface area contributed by atoms with E-state index in [1.165, 1.54) is 19.5 Å². The number of nitrogens with zero attached hydrogens (tertiary/aromatic N) is 7. The standard InChI is InChI=1S/C20H19F5N8O/c1-31-4-3-13(20(24,25)9-31)28-18-29-17(34-2)15-14(11(21)8-33(15)30-18)10-5-26-19-27-6-12(16(22)23)32(19)7-10/h5-8,13,16H,3-4,9H2,1-2H3,(H,28,30)/t13-/m1/s1/i1D3. The molecule has 0 aromatic carbocycles. The largest absolute Gasteiger partial charge is 0.479 e. The van der Waals surface area contributed by atoms with E-state index in [1.54, 1.807) is 0 Å². The molecule has 0 saturated carbocycles.